The first-order chi connectivity index (χ1) is 11.8. The number of carbonyl (C=O) groups is 1. The number of rotatable bonds is 4. The summed E-state index contributed by atoms with van der Waals surface area (Å²) in [6.07, 6.45) is 0.663. The minimum atomic E-state index is -2.91. The normalized spacial score (nSPS) is 23.8. The molecule has 2 heterocycles. The summed E-state index contributed by atoms with van der Waals surface area (Å²) in [5.74, 6) is -0.840. The molecule has 9 heteroatoms. The lowest BCUT2D eigenvalue weighted by Gasteiger charge is -2.37. The van der Waals surface area contributed by atoms with Crippen LogP contribution in [0.25, 0.3) is 0 Å². The van der Waals surface area contributed by atoms with Gasteiger partial charge in [-0.3, -0.25) is 9.69 Å². The summed E-state index contributed by atoms with van der Waals surface area (Å²) >= 11 is 1.06. The summed E-state index contributed by atoms with van der Waals surface area (Å²) in [7, 11) is -2.91. The molecule has 1 aromatic rings. The van der Waals surface area contributed by atoms with Crippen LogP contribution in [0.5, 0.6) is 0 Å². The average molecular weight is 390 g/mol. The lowest BCUT2D eigenvalue weighted by molar-refractivity contribution is -0.130. The van der Waals surface area contributed by atoms with E-state index in [1.807, 2.05) is 0 Å². The second kappa shape index (κ2) is 7.59. The van der Waals surface area contributed by atoms with E-state index in [0.29, 0.717) is 32.6 Å². The van der Waals surface area contributed by atoms with Gasteiger partial charge in [0.1, 0.15) is 11.6 Å². The maximum absolute atomic E-state index is 13.6. The molecule has 1 aromatic carbocycles. The molecule has 0 radical (unpaired) electrons. The molecule has 2 fully saturated rings. The van der Waals surface area contributed by atoms with Gasteiger partial charge in [0.05, 0.1) is 17.3 Å². The van der Waals surface area contributed by atoms with E-state index in [1.54, 1.807) is 4.90 Å². The molecule has 0 unspecified atom stereocenters. The van der Waals surface area contributed by atoms with E-state index < -0.39 is 21.5 Å². The highest BCUT2D eigenvalue weighted by molar-refractivity contribution is 8.00. The maximum Gasteiger partial charge on any atom is 0.233 e. The van der Waals surface area contributed by atoms with Gasteiger partial charge in [0.25, 0.3) is 0 Å². The Morgan fingerprint density at radius 1 is 1.20 bits per heavy atom. The topological polar surface area (TPSA) is 57.7 Å². The molecule has 3 rings (SSSR count). The summed E-state index contributed by atoms with van der Waals surface area (Å²) in [6, 6.07) is 3.37. The Morgan fingerprint density at radius 2 is 1.92 bits per heavy atom. The van der Waals surface area contributed by atoms with Gasteiger partial charge in [0.2, 0.25) is 5.91 Å². The largest absolute Gasteiger partial charge is 0.339 e. The van der Waals surface area contributed by atoms with Crippen LogP contribution in [-0.2, 0) is 14.6 Å². The van der Waals surface area contributed by atoms with Gasteiger partial charge >= 0.3 is 0 Å². The Kier molecular flexibility index (Phi) is 5.65. The summed E-state index contributed by atoms with van der Waals surface area (Å²) in [6.45, 7) is 2.40. The van der Waals surface area contributed by atoms with Crippen LogP contribution < -0.4 is 0 Å². The summed E-state index contributed by atoms with van der Waals surface area (Å²) < 4.78 is 49.6. The van der Waals surface area contributed by atoms with Crippen molar-refractivity contribution in [3.63, 3.8) is 0 Å². The average Bonchev–Trinajstić information content (AvgIpc) is 2.94. The number of nitrogens with zero attached hydrogens (tertiary/aromatic N) is 2. The van der Waals surface area contributed by atoms with Crippen molar-refractivity contribution >= 4 is 27.5 Å². The molecule has 0 spiro atoms. The molecule has 1 atom stereocenters. The van der Waals surface area contributed by atoms with E-state index in [1.165, 1.54) is 12.1 Å². The molecule has 0 N–H and O–H groups in total. The van der Waals surface area contributed by atoms with Crippen molar-refractivity contribution in [1.29, 1.82) is 0 Å². The zero-order valence-corrected chi connectivity index (χ0v) is 15.3. The van der Waals surface area contributed by atoms with Crippen molar-refractivity contribution in [3.05, 3.63) is 29.8 Å². The van der Waals surface area contributed by atoms with E-state index >= 15 is 0 Å². The number of hydrogen-bond acceptors (Lipinski definition) is 5. The van der Waals surface area contributed by atoms with Crippen LogP contribution in [0, 0.1) is 11.6 Å². The first kappa shape index (κ1) is 18.6. The molecule has 0 aromatic heterocycles. The predicted octanol–water partition coefficient (Wildman–Crippen LogP) is 1.39. The van der Waals surface area contributed by atoms with Crippen LogP contribution in [-0.4, -0.2) is 73.6 Å². The number of carbonyl (C=O) groups excluding carboxylic acids is 1. The standard InChI is InChI=1S/C16H20F2N2O3S2/c17-12-1-2-15(14(18)9-12)24-10-16(21)20-6-4-19(5-7-20)13-3-8-25(22,23)11-13/h1-2,9,13H,3-8,10-11H2/t13-/m1/s1. The lowest BCUT2D eigenvalue weighted by atomic mass is 10.2. The molecule has 5 nitrogen and oxygen atoms in total. The van der Waals surface area contributed by atoms with Crippen LogP contribution in [0.3, 0.4) is 0 Å². The molecule has 138 valence electrons. The zero-order valence-electron chi connectivity index (χ0n) is 13.7. The Hall–Kier alpha value is -1.19. The number of hydrogen-bond donors (Lipinski definition) is 0. The van der Waals surface area contributed by atoms with Crippen LogP contribution in [0.15, 0.2) is 23.1 Å². The van der Waals surface area contributed by atoms with Crippen molar-refractivity contribution < 1.29 is 22.0 Å². The SMILES string of the molecule is O=C(CSc1ccc(F)cc1F)N1CCN([C@@H]2CCS(=O)(=O)C2)CC1. The van der Waals surface area contributed by atoms with E-state index in [9.17, 15) is 22.0 Å². The number of halogens is 2. The predicted molar refractivity (Wildman–Crippen MR) is 92.3 cm³/mol. The molecule has 0 aliphatic carbocycles. The fraction of sp³-hybridized carbons (Fsp3) is 0.562. The Balaban J connectivity index is 1.47. The first-order valence-corrected chi connectivity index (χ1v) is 10.9. The summed E-state index contributed by atoms with van der Waals surface area (Å²) in [4.78, 5) is 16.4. The molecule has 1 amide bonds. The van der Waals surface area contributed by atoms with Gasteiger partial charge in [-0.1, -0.05) is 0 Å². The van der Waals surface area contributed by atoms with Crippen molar-refractivity contribution in [2.24, 2.45) is 0 Å². The number of amides is 1. The Bertz CT molecular complexity index is 750. The molecular weight excluding hydrogens is 370 g/mol. The van der Waals surface area contributed by atoms with Crippen molar-refractivity contribution in [2.75, 3.05) is 43.4 Å². The highest BCUT2D eigenvalue weighted by Crippen LogP contribution is 2.23. The molecule has 0 saturated carbocycles. The van der Waals surface area contributed by atoms with Crippen LogP contribution >= 0.6 is 11.8 Å². The quantitative estimate of drug-likeness (QED) is 0.728. The summed E-state index contributed by atoms with van der Waals surface area (Å²) in [5.41, 5.74) is 0. The first-order valence-electron chi connectivity index (χ1n) is 8.14. The van der Waals surface area contributed by atoms with Crippen molar-refractivity contribution in [2.45, 2.75) is 17.4 Å². The van der Waals surface area contributed by atoms with Crippen molar-refractivity contribution in [3.8, 4) is 0 Å². The van der Waals surface area contributed by atoms with Crippen molar-refractivity contribution in [1.82, 2.24) is 9.80 Å². The third-order valence-corrected chi connectivity index (χ3v) is 7.42. The van der Waals surface area contributed by atoms with Gasteiger partial charge in [-0.05, 0) is 18.6 Å². The lowest BCUT2D eigenvalue weighted by Crippen LogP contribution is -2.52. The van der Waals surface area contributed by atoms with Gasteiger partial charge in [-0.25, -0.2) is 17.2 Å². The smallest absolute Gasteiger partial charge is 0.233 e. The fourth-order valence-corrected chi connectivity index (χ4v) is 5.81. The van der Waals surface area contributed by atoms with Crippen LogP contribution in [0.1, 0.15) is 6.42 Å². The van der Waals surface area contributed by atoms with E-state index in [2.05, 4.69) is 4.90 Å². The number of piperazine rings is 1. The maximum atomic E-state index is 13.6. The third-order valence-electron chi connectivity index (χ3n) is 4.64. The second-order valence-corrected chi connectivity index (χ2v) is 9.58. The monoisotopic (exact) mass is 390 g/mol. The van der Waals surface area contributed by atoms with Gasteiger partial charge in [0, 0.05) is 43.2 Å². The van der Waals surface area contributed by atoms with E-state index in [4.69, 9.17) is 0 Å². The number of sulfone groups is 1. The van der Waals surface area contributed by atoms with E-state index in [-0.39, 0.29) is 34.1 Å². The molecule has 25 heavy (non-hydrogen) atoms. The molecule has 2 aliphatic heterocycles. The minimum Gasteiger partial charge on any atom is -0.339 e. The molecule has 2 aliphatic rings. The Morgan fingerprint density at radius 3 is 2.52 bits per heavy atom. The Labute approximate surface area is 150 Å². The van der Waals surface area contributed by atoms with E-state index in [0.717, 1.165) is 17.8 Å². The fourth-order valence-electron chi connectivity index (χ4n) is 3.22. The van der Waals surface area contributed by atoms with Crippen LogP contribution in [0.2, 0.25) is 0 Å². The molecule has 0 bridgehead atoms. The highest BCUT2D eigenvalue weighted by Gasteiger charge is 2.34. The van der Waals surface area contributed by atoms with Gasteiger partial charge in [-0.2, -0.15) is 0 Å². The van der Waals surface area contributed by atoms with Gasteiger partial charge < -0.3 is 4.90 Å². The van der Waals surface area contributed by atoms with Crippen LogP contribution in [0.4, 0.5) is 8.78 Å². The minimum absolute atomic E-state index is 0.0601. The van der Waals surface area contributed by atoms with Gasteiger partial charge in [-0.15, -0.1) is 11.8 Å². The number of thioether (sulfide) groups is 1. The zero-order chi connectivity index (χ0) is 18.0. The highest BCUT2D eigenvalue weighted by atomic mass is 32.2. The van der Waals surface area contributed by atoms with Gasteiger partial charge in [0.15, 0.2) is 9.84 Å². The molecule has 2 saturated heterocycles. The third kappa shape index (κ3) is 4.71. The molecular formula is C16H20F2N2O3S2. The second-order valence-electron chi connectivity index (χ2n) is 6.34. The number of benzene rings is 1. The summed E-state index contributed by atoms with van der Waals surface area (Å²) in [5, 5.41) is 0.